The smallest absolute Gasteiger partial charge is 0.275 e. The lowest BCUT2D eigenvalue weighted by Crippen LogP contribution is -2.36. The molecular weight excluding hydrogens is 449 g/mol. The molecule has 0 bridgehead atoms. The highest BCUT2D eigenvalue weighted by atomic mass is 19.1. The molecule has 0 saturated heterocycles. The van der Waals surface area contributed by atoms with Crippen molar-refractivity contribution in [3.05, 3.63) is 111 Å². The second kappa shape index (κ2) is 8.79. The summed E-state index contributed by atoms with van der Waals surface area (Å²) in [7, 11) is 0. The van der Waals surface area contributed by atoms with Gasteiger partial charge in [-0.25, -0.2) is 4.39 Å². The van der Waals surface area contributed by atoms with Crippen molar-refractivity contribution in [2.75, 3.05) is 4.90 Å². The number of halogens is 1. The van der Waals surface area contributed by atoms with Crippen molar-refractivity contribution in [3.63, 3.8) is 0 Å². The Kier molecular flexibility index (Phi) is 5.64. The minimum Gasteiger partial charge on any atom is -0.344 e. The van der Waals surface area contributed by atoms with E-state index in [2.05, 4.69) is 5.32 Å². The largest absolute Gasteiger partial charge is 0.344 e. The Morgan fingerprint density at radius 3 is 2.49 bits per heavy atom. The molecule has 1 fully saturated rings. The number of benzene rings is 3. The normalized spacial score (nSPS) is 17.6. The van der Waals surface area contributed by atoms with Gasteiger partial charge in [0.25, 0.3) is 11.6 Å². The van der Waals surface area contributed by atoms with E-state index < -0.39 is 28.6 Å². The van der Waals surface area contributed by atoms with E-state index in [9.17, 15) is 24.1 Å². The van der Waals surface area contributed by atoms with Crippen LogP contribution in [0.25, 0.3) is 5.57 Å². The number of fused-ring (bicyclic) bond motifs is 1. The first kappa shape index (κ1) is 22.5. The van der Waals surface area contributed by atoms with Crippen LogP contribution in [0.3, 0.4) is 0 Å². The number of anilines is 1. The van der Waals surface area contributed by atoms with E-state index in [-0.39, 0.29) is 23.6 Å². The predicted molar refractivity (Wildman–Crippen MR) is 129 cm³/mol. The van der Waals surface area contributed by atoms with E-state index in [1.165, 1.54) is 24.3 Å². The Labute approximate surface area is 201 Å². The van der Waals surface area contributed by atoms with Crippen LogP contribution < -0.4 is 10.2 Å². The third kappa shape index (κ3) is 4.19. The minimum absolute atomic E-state index is 0.00384. The topological polar surface area (TPSA) is 92.5 Å². The second-order valence-electron chi connectivity index (χ2n) is 8.73. The Morgan fingerprint density at radius 1 is 1.11 bits per heavy atom. The molecule has 1 saturated carbocycles. The van der Waals surface area contributed by atoms with Crippen LogP contribution in [0.15, 0.2) is 78.5 Å². The van der Waals surface area contributed by atoms with Crippen LogP contribution in [0.5, 0.6) is 0 Å². The number of amides is 1. The predicted octanol–water partition coefficient (Wildman–Crippen LogP) is 4.93. The maximum atomic E-state index is 13.9. The van der Waals surface area contributed by atoms with Gasteiger partial charge in [-0.15, -0.1) is 0 Å². The fourth-order valence-corrected chi connectivity index (χ4v) is 4.72. The van der Waals surface area contributed by atoms with Gasteiger partial charge >= 0.3 is 0 Å². The number of hydrogen-bond acceptors (Lipinski definition) is 5. The number of nitro benzene ring substituents is 1. The van der Waals surface area contributed by atoms with Crippen molar-refractivity contribution in [2.45, 2.75) is 25.9 Å². The Bertz CT molecular complexity index is 1390. The molecule has 7 nitrogen and oxygen atoms in total. The summed E-state index contributed by atoms with van der Waals surface area (Å²) in [5, 5.41) is 14.7. The van der Waals surface area contributed by atoms with E-state index in [1.54, 1.807) is 25.1 Å². The Morgan fingerprint density at radius 2 is 1.83 bits per heavy atom. The van der Waals surface area contributed by atoms with Crippen LogP contribution in [0.2, 0.25) is 0 Å². The number of nitrogens with zero attached hydrogens (tertiary/aromatic N) is 2. The van der Waals surface area contributed by atoms with Gasteiger partial charge in [0.2, 0.25) is 0 Å². The molecule has 0 radical (unpaired) electrons. The maximum Gasteiger partial charge on any atom is 0.275 e. The number of rotatable bonds is 6. The van der Waals surface area contributed by atoms with E-state index in [0.717, 1.165) is 5.69 Å². The van der Waals surface area contributed by atoms with Crippen molar-refractivity contribution in [1.29, 1.82) is 0 Å². The Balaban J connectivity index is 1.60. The third-order valence-corrected chi connectivity index (χ3v) is 6.57. The summed E-state index contributed by atoms with van der Waals surface area (Å²) in [5.74, 6) is -1.37. The summed E-state index contributed by atoms with van der Waals surface area (Å²) in [6, 6.07) is 19.1. The SMILES string of the molecule is CC1=C(C(=O)N[C@H](c2cccc(F)c2)C2CC2=O)c2cccc([N+](=O)[O-])c2CN1c1ccccc1. The zero-order chi connectivity index (χ0) is 24.7. The minimum atomic E-state index is -0.694. The van der Waals surface area contributed by atoms with Gasteiger partial charge in [-0.05, 0) is 36.8 Å². The molecule has 1 heterocycles. The van der Waals surface area contributed by atoms with Crippen molar-refractivity contribution in [2.24, 2.45) is 5.92 Å². The average molecular weight is 471 g/mol. The number of nitrogens with one attached hydrogen (secondary N) is 1. The number of Topliss-reactive ketones (excluding diaryl/α,β-unsaturated/α-hetero) is 1. The van der Waals surface area contributed by atoms with E-state index >= 15 is 0 Å². The number of ketones is 1. The summed E-state index contributed by atoms with van der Waals surface area (Å²) in [6.45, 7) is 2.02. The standard InChI is InChI=1S/C27H22FN3O4/c1-16-25(27(33)29-26(21-14-24(21)32)17-7-5-8-18(28)13-17)20-11-6-12-23(31(34)35)22(20)15-30(16)19-9-3-2-4-10-19/h2-13,21,26H,14-15H2,1H3,(H,29,33)/t21?,26-/m1/s1. The molecule has 2 aliphatic rings. The highest BCUT2D eigenvalue weighted by Gasteiger charge is 2.44. The van der Waals surface area contributed by atoms with Crippen LogP contribution in [0.1, 0.15) is 36.1 Å². The molecule has 0 spiro atoms. The molecule has 2 atom stereocenters. The third-order valence-electron chi connectivity index (χ3n) is 6.57. The summed E-state index contributed by atoms with van der Waals surface area (Å²) in [6.07, 6.45) is 0.303. The van der Waals surface area contributed by atoms with Crippen LogP contribution in [-0.4, -0.2) is 16.6 Å². The van der Waals surface area contributed by atoms with E-state index in [1.807, 2.05) is 35.2 Å². The van der Waals surface area contributed by atoms with Gasteiger partial charge in [0.15, 0.2) is 0 Å². The maximum absolute atomic E-state index is 13.9. The monoisotopic (exact) mass is 471 g/mol. The zero-order valence-electron chi connectivity index (χ0n) is 18.9. The van der Waals surface area contributed by atoms with Crippen molar-refractivity contribution < 1.29 is 18.9 Å². The quantitative estimate of drug-likeness (QED) is 0.406. The molecule has 0 aromatic heterocycles. The first-order chi connectivity index (χ1) is 16.8. The molecule has 3 aromatic carbocycles. The van der Waals surface area contributed by atoms with Crippen LogP contribution >= 0.6 is 0 Å². The summed E-state index contributed by atoms with van der Waals surface area (Å²) < 4.78 is 13.9. The van der Waals surface area contributed by atoms with Crippen LogP contribution in [-0.2, 0) is 16.1 Å². The highest BCUT2D eigenvalue weighted by Crippen LogP contribution is 2.41. The van der Waals surface area contributed by atoms with Gasteiger partial charge in [0.05, 0.1) is 28.6 Å². The van der Waals surface area contributed by atoms with Gasteiger partial charge in [-0.3, -0.25) is 19.7 Å². The lowest BCUT2D eigenvalue weighted by Gasteiger charge is -2.33. The lowest BCUT2D eigenvalue weighted by molar-refractivity contribution is -0.385. The van der Waals surface area contributed by atoms with Crippen molar-refractivity contribution >= 4 is 28.6 Å². The van der Waals surface area contributed by atoms with E-state index in [0.29, 0.717) is 28.8 Å². The molecule has 5 rings (SSSR count). The van der Waals surface area contributed by atoms with Gasteiger partial charge in [0, 0.05) is 35.4 Å². The van der Waals surface area contributed by atoms with Gasteiger partial charge in [-0.1, -0.05) is 42.5 Å². The fourth-order valence-electron chi connectivity index (χ4n) is 4.72. The molecule has 3 aromatic rings. The summed E-state index contributed by atoms with van der Waals surface area (Å²) in [4.78, 5) is 39.0. The number of carbonyl (C=O) groups is 2. The summed E-state index contributed by atoms with van der Waals surface area (Å²) >= 11 is 0. The number of hydrogen-bond donors (Lipinski definition) is 1. The van der Waals surface area contributed by atoms with Crippen LogP contribution in [0, 0.1) is 21.8 Å². The molecule has 1 aliphatic heterocycles. The van der Waals surface area contributed by atoms with Gasteiger partial charge in [0.1, 0.15) is 11.6 Å². The fraction of sp³-hybridized carbons (Fsp3) is 0.185. The van der Waals surface area contributed by atoms with Crippen molar-refractivity contribution in [1.82, 2.24) is 5.32 Å². The molecule has 1 unspecified atom stereocenters. The van der Waals surface area contributed by atoms with Crippen LogP contribution in [0.4, 0.5) is 15.8 Å². The number of allylic oxidation sites excluding steroid dienone is 1. The first-order valence-corrected chi connectivity index (χ1v) is 11.2. The summed E-state index contributed by atoms with van der Waals surface area (Å²) in [5.41, 5.74) is 3.04. The number of para-hydroxylation sites is 1. The molecule has 1 amide bonds. The van der Waals surface area contributed by atoms with Gasteiger partial charge < -0.3 is 10.2 Å². The zero-order valence-corrected chi connectivity index (χ0v) is 18.9. The molecule has 176 valence electrons. The van der Waals surface area contributed by atoms with Gasteiger partial charge in [-0.2, -0.15) is 0 Å². The molecule has 1 aliphatic carbocycles. The number of carbonyl (C=O) groups excluding carboxylic acids is 2. The highest BCUT2D eigenvalue weighted by molar-refractivity contribution is 6.22. The average Bonchev–Trinajstić information content (AvgIpc) is 3.57. The second-order valence-corrected chi connectivity index (χ2v) is 8.73. The first-order valence-electron chi connectivity index (χ1n) is 11.2. The molecule has 1 N–H and O–H groups in total. The van der Waals surface area contributed by atoms with E-state index in [4.69, 9.17) is 0 Å². The van der Waals surface area contributed by atoms with Crippen molar-refractivity contribution in [3.8, 4) is 0 Å². The lowest BCUT2D eigenvalue weighted by atomic mass is 9.90. The molecular formula is C27H22FN3O4. The number of nitro groups is 1. The molecule has 8 heteroatoms. The molecule has 35 heavy (non-hydrogen) atoms. The Hall–Kier alpha value is -4.33.